The molecule has 0 unspecified atom stereocenters. The van der Waals surface area contributed by atoms with Crippen LogP contribution in [0.4, 0.5) is 5.69 Å². The molecule has 0 atom stereocenters. The second kappa shape index (κ2) is 7.55. The minimum Gasteiger partial charge on any atom is -0.495 e. The average Bonchev–Trinajstić information content (AvgIpc) is 2.51. The summed E-state index contributed by atoms with van der Waals surface area (Å²) in [5.74, 6) is 1.48. The van der Waals surface area contributed by atoms with Gasteiger partial charge in [-0.1, -0.05) is 28.1 Å². The predicted octanol–water partition coefficient (Wildman–Crippen LogP) is 3.97. The normalized spacial score (nSPS) is 9.76. The highest BCUT2D eigenvalue weighted by atomic mass is 79.9. The Morgan fingerprint density at radius 3 is 2.86 bits per heavy atom. The summed E-state index contributed by atoms with van der Waals surface area (Å²) < 4.78 is 11.6. The van der Waals surface area contributed by atoms with Crippen molar-refractivity contribution in [3.05, 3.63) is 52.5 Å². The monoisotopic (exact) mass is 346 g/mol. The number of ether oxygens (including phenoxy) is 2. The van der Waals surface area contributed by atoms with Gasteiger partial charge >= 0.3 is 0 Å². The van der Waals surface area contributed by atoms with Gasteiger partial charge in [0.1, 0.15) is 17.6 Å². The van der Waals surface area contributed by atoms with Crippen LogP contribution in [0.25, 0.3) is 0 Å². The lowest BCUT2D eigenvalue weighted by Crippen LogP contribution is -2.02. The molecule has 2 aromatic rings. The summed E-state index contributed by atoms with van der Waals surface area (Å²) in [5.41, 5.74) is 1.97. The highest BCUT2D eigenvalue weighted by Crippen LogP contribution is 2.28. The molecule has 0 aliphatic heterocycles. The van der Waals surface area contributed by atoms with Crippen molar-refractivity contribution in [3.63, 3.8) is 0 Å². The third-order valence-electron chi connectivity index (χ3n) is 2.85. The molecular weight excluding hydrogens is 332 g/mol. The van der Waals surface area contributed by atoms with E-state index < -0.39 is 0 Å². The molecule has 0 heterocycles. The van der Waals surface area contributed by atoms with Crippen molar-refractivity contribution >= 4 is 21.6 Å². The first-order chi connectivity index (χ1) is 10.2. The summed E-state index contributed by atoms with van der Waals surface area (Å²) >= 11 is 3.45. The second-order valence-electron chi connectivity index (χ2n) is 4.29. The van der Waals surface area contributed by atoms with Crippen molar-refractivity contribution in [2.75, 3.05) is 19.0 Å². The van der Waals surface area contributed by atoms with E-state index in [0.29, 0.717) is 12.3 Å². The molecular formula is C16H15BrN2O2. The Morgan fingerprint density at radius 1 is 1.24 bits per heavy atom. The number of nitrogens with one attached hydrogen (secondary N) is 1. The number of anilines is 1. The molecule has 4 nitrogen and oxygen atoms in total. The fraction of sp³-hybridized carbons (Fsp3) is 0.188. The Kier molecular flexibility index (Phi) is 5.47. The molecule has 2 aromatic carbocycles. The van der Waals surface area contributed by atoms with Crippen molar-refractivity contribution in [1.29, 1.82) is 5.26 Å². The van der Waals surface area contributed by atoms with Crippen LogP contribution >= 0.6 is 15.9 Å². The Labute approximate surface area is 132 Å². The van der Waals surface area contributed by atoms with Gasteiger partial charge in [0.2, 0.25) is 0 Å². The smallest absolute Gasteiger partial charge is 0.174 e. The minimum atomic E-state index is 0.0519. The van der Waals surface area contributed by atoms with Crippen molar-refractivity contribution in [2.45, 2.75) is 6.54 Å². The lowest BCUT2D eigenvalue weighted by atomic mass is 10.2. The number of nitriles is 1. The molecule has 1 N–H and O–H groups in total. The van der Waals surface area contributed by atoms with Crippen LogP contribution in [-0.4, -0.2) is 13.7 Å². The van der Waals surface area contributed by atoms with Crippen LogP contribution in [0.2, 0.25) is 0 Å². The number of halogens is 1. The molecule has 0 bridgehead atoms. The summed E-state index contributed by atoms with van der Waals surface area (Å²) in [6.45, 7) is 0.687. The van der Waals surface area contributed by atoms with Crippen LogP contribution < -0.4 is 14.8 Å². The third-order valence-corrected chi connectivity index (χ3v) is 3.34. The maximum Gasteiger partial charge on any atom is 0.174 e. The molecule has 0 amide bonds. The fourth-order valence-electron chi connectivity index (χ4n) is 1.88. The maximum atomic E-state index is 8.53. The van der Waals surface area contributed by atoms with Gasteiger partial charge in [0.25, 0.3) is 0 Å². The van der Waals surface area contributed by atoms with Gasteiger partial charge in [-0.25, -0.2) is 0 Å². The molecule has 0 radical (unpaired) electrons. The van der Waals surface area contributed by atoms with E-state index in [1.807, 2.05) is 48.5 Å². The first-order valence-corrected chi connectivity index (χ1v) is 7.18. The van der Waals surface area contributed by atoms with E-state index in [2.05, 4.69) is 21.2 Å². The Bertz CT molecular complexity index is 653. The summed E-state index contributed by atoms with van der Waals surface area (Å²) in [6.07, 6.45) is 0. The number of benzene rings is 2. The van der Waals surface area contributed by atoms with Gasteiger partial charge in [-0.05, 0) is 35.9 Å². The zero-order chi connectivity index (χ0) is 15.1. The molecule has 108 valence electrons. The zero-order valence-corrected chi connectivity index (χ0v) is 13.2. The van der Waals surface area contributed by atoms with Gasteiger partial charge in [0, 0.05) is 11.0 Å². The highest BCUT2D eigenvalue weighted by Gasteiger charge is 2.04. The van der Waals surface area contributed by atoms with Gasteiger partial charge in [-0.15, -0.1) is 0 Å². The highest BCUT2D eigenvalue weighted by molar-refractivity contribution is 9.10. The van der Waals surface area contributed by atoms with Crippen LogP contribution in [0.15, 0.2) is 46.9 Å². The molecule has 2 rings (SSSR count). The predicted molar refractivity (Wildman–Crippen MR) is 85.6 cm³/mol. The van der Waals surface area contributed by atoms with E-state index in [1.165, 1.54) is 0 Å². The van der Waals surface area contributed by atoms with E-state index in [4.69, 9.17) is 14.7 Å². The average molecular weight is 347 g/mol. The standard InChI is InChI=1S/C16H15BrN2O2/c1-20-16-6-5-13(17)10-15(16)19-11-12-3-2-4-14(9-12)21-8-7-18/h2-6,9-10,19H,8,11H2,1H3. The largest absolute Gasteiger partial charge is 0.495 e. The Hall–Kier alpha value is -2.19. The Balaban J connectivity index is 2.06. The zero-order valence-electron chi connectivity index (χ0n) is 11.6. The summed E-state index contributed by atoms with van der Waals surface area (Å²) in [5, 5.41) is 11.9. The van der Waals surface area contributed by atoms with Gasteiger partial charge in [0.05, 0.1) is 12.8 Å². The van der Waals surface area contributed by atoms with Gasteiger partial charge in [-0.3, -0.25) is 0 Å². The lowest BCUT2D eigenvalue weighted by Gasteiger charge is -2.12. The van der Waals surface area contributed by atoms with Crippen LogP contribution in [0.5, 0.6) is 11.5 Å². The summed E-state index contributed by atoms with van der Waals surface area (Å²) in [4.78, 5) is 0. The van der Waals surface area contributed by atoms with Crippen molar-refractivity contribution in [1.82, 2.24) is 0 Å². The number of nitrogens with zero attached hydrogens (tertiary/aromatic N) is 1. The SMILES string of the molecule is COc1ccc(Br)cc1NCc1cccc(OCC#N)c1. The molecule has 21 heavy (non-hydrogen) atoms. The third kappa shape index (κ3) is 4.40. The van der Waals surface area contributed by atoms with Crippen molar-refractivity contribution in [2.24, 2.45) is 0 Å². The molecule has 0 aliphatic carbocycles. The van der Waals surface area contributed by atoms with E-state index >= 15 is 0 Å². The van der Waals surface area contributed by atoms with E-state index in [-0.39, 0.29) is 6.61 Å². The summed E-state index contributed by atoms with van der Waals surface area (Å²) in [6, 6.07) is 15.4. The Morgan fingerprint density at radius 2 is 2.10 bits per heavy atom. The molecule has 0 fully saturated rings. The van der Waals surface area contributed by atoms with Crippen LogP contribution in [0.1, 0.15) is 5.56 Å². The number of hydrogen-bond donors (Lipinski definition) is 1. The fourth-order valence-corrected chi connectivity index (χ4v) is 2.24. The number of rotatable bonds is 6. The molecule has 0 saturated carbocycles. The van der Waals surface area contributed by atoms with Gasteiger partial charge in [0.15, 0.2) is 6.61 Å². The minimum absolute atomic E-state index is 0.0519. The van der Waals surface area contributed by atoms with Crippen LogP contribution in [-0.2, 0) is 6.54 Å². The summed E-state index contributed by atoms with van der Waals surface area (Å²) in [7, 11) is 1.64. The van der Waals surface area contributed by atoms with Gasteiger partial charge in [-0.2, -0.15) is 5.26 Å². The number of methoxy groups -OCH3 is 1. The van der Waals surface area contributed by atoms with E-state index in [0.717, 1.165) is 21.5 Å². The van der Waals surface area contributed by atoms with Crippen LogP contribution in [0, 0.1) is 11.3 Å². The molecule has 0 aromatic heterocycles. The van der Waals surface area contributed by atoms with Crippen molar-refractivity contribution < 1.29 is 9.47 Å². The molecule has 0 aliphatic rings. The molecule has 0 saturated heterocycles. The first kappa shape index (κ1) is 15.2. The molecule has 0 spiro atoms. The lowest BCUT2D eigenvalue weighted by molar-refractivity contribution is 0.368. The van der Waals surface area contributed by atoms with Crippen LogP contribution in [0.3, 0.4) is 0 Å². The maximum absolute atomic E-state index is 8.53. The topological polar surface area (TPSA) is 54.3 Å². The second-order valence-corrected chi connectivity index (χ2v) is 5.21. The quantitative estimate of drug-likeness (QED) is 0.859. The first-order valence-electron chi connectivity index (χ1n) is 6.39. The van der Waals surface area contributed by atoms with Crippen molar-refractivity contribution in [3.8, 4) is 17.6 Å². The number of hydrogen-bond acceptors (Lipinski definition) is 4. The van der Waals surface area contributed by atoms with E-state index in [9.17, 15) is 0 Å². The van der Waals surface area contributed by atoms with E-state index in [1.54, 1.807) is 7.11 Å². The van der Waals surface area contributed by atoms with Gasteiger partial charge < -0.3 is 14.8 Å². The molecule has 5 heteroatoms.